The number of halogens is 2. The van der Waals surface area contributed by atoms with Crippen LogP contribution in [0.1, 0.15) is 24.8 Å². The average Bonchev–Trinajstić information content (AvgIpc) is 2.43. The van der Waals surface area contributed by atoms with Gasteiger partial charge in [0.1, 0.15) is 0 Å². The van der Waals surface area contributed by atoms with E-state index in [-0.39, 0.29) is 18.8 Å². The van der Waals surface area contributed by atoms with E-state index in [1.54, 1.807) is 0 Å². The van der Waals surface area contributed by atoms with Crippen molar-refractivity contribution in [3.63, 3.8) is 0 Å². The maximum atomic E-state index is 10.5. The Morgan fingerprint density at radius 2 is 1.90 bits per heavy atom. The summed E-state index contributed by atoms with van der Waals surface area (Å²) in [5, 5.41) is 12.7. The van der Waals surface area contributed by atoms with Crippen molar-refractivity contribution >= 4 is 30.0 Å². The Bertz CT molecular complexity index is 432. The molecule has 0 amide bonds. The van der Waals surface area contributed by atoms with Crippen LogP contribution in [0.25, 0.3) is 0 Å². The van der Waals surface area contributed by atoms with Crippen molar-refractivity contribution in [3.8, 4) is 0 Å². The Labute approximate surface area is 136 Å². The number of nitrogens with one attached hydrogen (secondary N) is 1. The molecule has 1 aliphatic heterocycles. The number of rotatable bonds is 6. The first-order chi connectivity index (χ1) is 9.63. The topological polar surface area (TPSA) is 52.6 Å². The lowest BCUT2D eigenvalue weighted by Gasteiger charge is -2.32. The number of carboxylic acids is 1. The van der Waals surface area contributed by atoms with Crippen LogP contribution in [0, 0.1) is 0 Å². The number of likely N-dealkylation sites (tertiary alicyclic amines) is 1. The first kappa shape index (κ1) is 18.2. The zero-order chi connectivity index (χ0) is 14.4. The molecule has 0 saturated carbocycles. The molecule has 118 valence electrons. The third-order valence-electron chi connectivity index (χ3n) is 3.68. The molecule has 6 heteroatoms. The predicted octanol–water partition coefficient (Wildman–Crippen LogP) is 2.79. The van der Waals surface area contributed by atoms with Crippen LogP contribution >= 0.6 is 24.0 Å². The number of benzene rings is 1. The summed E-state index contributed by atoms with van der Waals surface area (Å²) in [6, 6.07) is 8.45. The Kier molecular flexibility index (Phi) is 8.04. The highest BCUT2D eigenvalue weighted by molar-refractivity contribution is 6.30. The second kappa shape index (κ2) is 9.26. The molecule has 0 bridgehead atoms. The van der Waals surface area contributed by atoms with E-state index in [0.717, 1.165) is 37.5 Å². The van der Waals surface area contributed by atoms with Gasteiger partial charge in [-0.1, -0.05) is 23.7 Å². The van der Waals surface area contributed by atoms with Crippen molar-refractivity contribution < 1.29 is 9.90 Å². The molecule has 0 spiro atoms. The number of nitrogens with zero attached hydrogens (tertiary/aromatic N) is 1. The highest BCUT2D eigenvalue weighted by atomic mass is 35.5. The summed E-state index contributed by atoms with van der Waals surface area (Å²) >= 11 is 5.88. The molecule has 21 heavy (non-hydrogen) atoms. The Morgan fingerprint density at radius 1 is 1.29 bits per heavy atom. The van der Waals surface area contributed by atoms with Gasteiger partial charge in [-0.15, -0.1) is 12.4 Å². The summed E-state index contributed by atoms with van der Waals surface area (Å²) in [4.78, 5) is 12.9. The lowest BCUT2D eigenvalue weighted by atomic mass is 10.0. The Morgan fingerprint density at radius 3 is 2.48 bits per heavy atom. The van der Waals surface area contributed by atoms with E-state index in [4.69, 9.17) is 16.7 Å². The molecule has 1 aromatic rings. The fraction of sp³-hybridized carbons (Fsp3) is 0.533. The van der Waals surface area contributed by atoms with Crippen molar-refractivity contribution in [2.75, 3.05) is 19.6 Å². The Balaban J connectivity index is 0.00000220. The molecular weight excluding hydrogens is 311 g/mol. The maximum absolute atomic E-state index is 10.5. The van der Waals surface area contributed by atoms with Crippen LogP contribution in [-0.2, 0) is 11.3 Å². The predicted molar refractivity (Wildman–Crippen MR) is 87.3 cm³/mol. The zero-order valence-electron chi connectivity index (χ0n) is 11.9. The molecule has 0 atom stereocenters. The van der Waals surface area contributed by atoms with Crippen LogP contribution < -0.4 is 5.32 Å². The van der Waals surface area contributed by atoms with Crippen LogP contribution in [0.4, 0.5) is 0 Å². The van der Waals surface area contributed by atoms with Crippen LogP contribution in [0.5, 0.6) is 0 Å². The molecule has 0 radical (unpaired) electrons. The smallest absolute Gasteiger partial charge is 0.304 e. The molecule has 1 aliphatic rings. The molecule has 1 heterocycles. The van der Waals surface area contributed by atoms with Crippen molar-refractivity contribution in [3.05, 3.63) is 34.9 Å². The van der Waals surface area contributed by atoms with Crippen LogP contribution in [0.15, 0.2) is 24.3 Å². The highest BCUT2D eigenvalue weighted by Crippen LogP contribution is 2.15. The molecule has 1 saturated heterocycles. The van der Waals surface area contributed by atoms with Gasteiger partial charge in [0.15, 0.2) is 0 Å². The maximum Gasteiger partial charge on any atom is 0.304 e. The van der Waals surface area contributed by atoms with E-state index in [0.29, 0.717) is 12.6 Å². The van der Waals surface area contributed by atoms with Gasteiger partial charge >= 0.3 is 5.97 Å². The summed E-state index contributed by atoms with van der Waals surface area (Å²) < 4.78 is 0. The minimum atomic E-state index is -0.738. The number of carbonyl (C=O) groups is 1. The first-order valence-electron chi connectivity index (χ1n) is 7.05. The third kappa shape index (κ3) is 6.66. The second-order valence-electron chi connectivity index (χ2n) is 5.27. The standard InChI is InChI=1S/C15H21ClN2O2.ClH/c16-13-3-1-12(2-4-13)11-18-9-6-14(7-10-18)17-8-5-15(19)20;/h1-4,14,17H,5-11H2,(H,19,20);1H. The van der Waals surface area contributed by atoms with Crippen molar-refractivity contribution in [1.29, 1.82) is 0 Å². The lowest BCUT2D eigenvalue weighted by molar-refractivity contribution is -0.136. The molecular formula is C15H22Cl2N2O2. The largest absolute Gasteiger partial charge is 0.481 e. The number of hydrogen-bond donors (Lipinski definition) is 2. The van der Waals surface area contributed by atoms with E-state index in [9.17, 15) is 4.79 Å². The number of piperidine rings is 1. The van der Waals surface area contributed by atoms with E-state index in [2.05, 4.69) is 22.3 Å². The van der Waals surface area contributed by atoms with Gasteiger partial charge < -0.3 is 10.4 Å². The fourth-order valence-electron chi connectivity index (χ4n) is 2.53. The van der Waals surface area contributed by atoms with E-state index < -0.39 is 5.97 Å². The fourth-order valence-corrected chi connectivity index (χ4v) is 2.65. The van der Waals surface area contributed by atoms with Gasteiger partial charge in [0, 0.05) is 24.2 Å². The molecule has 4 nitrogen and oxygen atoms in total. The quantitative estimate of drug-likeness (QED) is 0.841. The summed E-state index contributed by atoms with van der Waals surface area (Å²) in [6.45, 7) is 3.62. The van der Waals surface area contributed by atoms with Gasteiger partial charge in [0.25, 0.3) is 0 Å². The number of hydrogen-bond acceptors (Lipinski definition) is 3. The van der Waals surface area contributed by atoms with Crippen LogP contribution in [0.2, 0.25) is 5.02 Å². The van der Waals surface area contributed by atoms with Crippen molar-refractivity contribution in [2.24, 2.45) is 0 Å². The SMILES string of the molecule is Cl.O=C(O)CCNC1CCN(Cc2ccc(Cl)cc2)CC1. The summed E-state index contributed by atoms with van der Waals surface area (Å²) in [5.74, 6) is -0.738. The molecule has 0 aliphatic carbocycles. The van der Waals surface area contributed by atoms with Crippen molar-refractivity contribution in [1.82, 2.24) is 10.2 Å². The van der Waals surface area contributed by atoms with Gasteiger partial charge in [-0.05, 0) is 43.6 Å². The molecule has 1 aromatic carbocycles. The molecule has 0 unspecified atom stereocenters. The van der Waals surface area contributed by atoms with Gasteiger partial charge in [-0.3, -0.25) is 9.69 Å². The van der Waals surface area contributed by atoms with Crippen LogP contribution in [-0.4, -0.2) is 41.7 Å². The molecule has 0 aromatic heterocycles. The highest BCUT2D eigenvalue weighted by Gasteiger charge is 2.18. The second-order valence-corrected chi connectivity index (χ2v) is 5.71. The lowest BCUT2D eigenvalue weighted by Crippen LogP contribution is -2.42. The number of carboxylic acid groups (broad SMARTS) is 1. The van der Waals surface area contributed by atoms with E-state index >= 15 is 0 Å². The average molecular weight is 333 g/mol. The monoisotopic (exact) mass is 332 g/mol. The van der Waals surface area contributed by atoms with E-state index in [1.807, 2.05) is 12.1 Å². The summed E-state index contributed by atoms with van der Waals surface area (Å²) in [5.41, 5.74) is 1.28. The molecule has 2 N–H and O–H groups in total. The van der Waals surface area contributed by atoms with Gasteiger partial charge in [0.05, 0.1) is 6.42 Å². The van der Waals surface area contributed by atoms with Gasteiger partial charge in [0.2, 0.25) is 0 Å². The minimum absolute atomic E-state index is 0. The van der Waals surface area contributed by atoms with Gasteiger partial charge in [-0.2, -0.15) is 0 Å². The van der Waals surface area contributed by atoms with Crippen LogP contribution in [0.3, 0.4) is 0 Å². The Hall–Kier alpha value is -0.810. The third-order valence-corrected chi connectivity index (χ3v) is 3.93. The summed E-state index contributed by atoms with van der Waals surface area (Å²) in [7, 11) is 0. The molecule has 1 fully saturated rings. The zero-order valence-corrected chi connectivity index (χ0v) is 13.5. The molecule has 2 rings (SSSR count). The normalized spacial score (nSPS) is 16.4. The first-order valence-corrected chi connectivity index (χ1v) is 7.43. The summed E-state index contributed by atoms with van der Waals surface area (Å²) in [6.07, 6.45) is 2.35. The van der Waals surface area contributed by atoms with Gasteiger partial charge in [-0.25, -0.2) is 0 Å². The minimum Gasteiger partial charge on any atom is -0.481 e. The van der Waals surface area contributed by atoms with Crippen molar-refractivity contribution in [2.45, 2.75) is 31.8 Å². The van der Waals surface area contributed by atoms with E-state index in [1.165, 1.54) is 5.56 Å². The number of aliphatic carboxylic acids is 1.